The molecule has 0 spiro atoms. The summed E-state index contributed by atoms with van der Waals surface area (Å²) in [7, 11) is 3.95. The maximum Gasteiger partial charge on any atom is 0.317 e. The quantitative estimate of drug-likeness (QED) is 0.715. The Kier molecular flexibility index (Phi) is 8.11. The lowest BCUT2D eigenvalue weighted by atomic mass is 10.1. The third-order valence-electron chi connectivity index (χ3n) is 4.67. The van der Waals surface area contributed by atoms with Crippen molar-refractivity contribution in [2.24, 2.45) is 0 Å². The van der Waals surface area contributed by atoms with Gasteiger partial charge in [0.05, 0.1) is 6.10 Å². The van der Waals surface area contributed by atoms with Crippen LogP contribution in [0, 0.1) is 0 Å². The highest BCUT2D eigenvalue weighted by molar-refractivity contribution is 5.90. The summed E-state index contributed by atoms with van der Waals surface area (Å²) < 4.78 is 5.76. The number of nitrogens with one attached hydrogen (secondary N) is 2. The van der Waals surface area contributed by atoms with Gasteiger partial charge in [-0.05, 0) is 50.5 Å². The second kappa shape index (κ2) is 10.3. The van der Waals surface area contributed by atoms with E-state index in [2.05, 4.69) is 10.6 Å². The van der Waals surface area contributed by atoms with Crippen LogP contribution < -0.4 is 15.5 Å². The van der Waals surface area contributed by atoms with Crippen LogP contribution in [0.25, 0.3) is 0 Å². The minimum absolute atomic E-state index is 0.0303. The molecular formula is C21H34N4O3. The molecule has 7 nitrogen and oxygen atoms in total. The monoisotopic (exact) mass is 390 g/mol. The van der Waals surface area contributed by atoms with Gasteiger partial charge in [0.1, 0.15) is 0 Å². The van der Waals surface area contributed by atoms with Gasteiger partial charge in [-0.2, -0.15) is 0 Å². The third-order valence-corrected chi connectivity index (χ3v) is 4.67. The molecule has 7 heteroatoms. The average molecular weight is 391 g/mol. The zero-order valence-electron chi connectivity index (χ0n) is 17.7. The smallest absolute Gasteiger partial charge is 0.317 e. The van der Waals surface area contributed by atoms with Gasteiger partial charge in [0.15, 0.2) is 0 Å². The lowest BCUT2D eigenvalue weighted by Gasteiger charge is -2.29. The molecule has 1 saturated heterocycles. The van der Waals surface area contributed by atoms with E-state index in [4.69, 9.17) is 4.74 Å². The van der Waals surface area contributed by atoms with Crippen molar-refractivity contribution in [3.63, 3.8) is 0 Å². The molecule has 1 aromatic rings. The molecular weight excluding hydrogens is 356 g/mol. The van der Waals surface area contributed by atoms with E-state index < -0.39 is 0 Å². The maximum atomic E-state index is 12.8. The number of carbonyl (C=O) groups excluding carboxylic acids is 2. The minimum Gasteiger partial charge on any atom is -0.377 e. The van der Waals surface area contributed by atoms with Gasteiger partial charge >= 0.3 is 6.03 Å². The Bertz CT molecular complexity index is 670. The van der Waals surface area contributed by atoms with Crippen molar-refractivity contribution in [3.8, 4) is 0 Å². The standard InChI is InChI=1S/C21H34N4O3/c1-6-20(26)23-17-9-10-19(24(4)5)16(12-17)13-25(21(27)22-15(2)3)14-18-8-7-11-28-18/h9-10,12,15,18H,6-8,11,13-14H2,1-5H3,(H,22,27)(H,23,26). The molecule has 3 amide bonds. The Balaban J connectivity index is 2.26. The third kappa shape index (κ3) is 6.41. The number of hydrogen-bond acceptors (Lipinski definition) is 4. The SMILES string of the molecule is CCC(=O)Nc1ccc(N(C)C)c(CN(CC2CCCO2)C(=O)NC(C)C)c1. The Morgan fingerprint density at radius 3 is 2.61 bits per heavy atom. The summed E-state index contributed by atoms with van der Waals surface area (Å²) in [6, 6.07) is 5.78. The number of ether oxygens (including phenoxy) is 1. The summed E-state index contributed by atoms with van der Waals surface area (Å²) in [5, 5.41) is 5.89. The van der Waals surface area contributed by atoms with E-state index in [1.165, 1.54) is 0 Å². The van der Waals surface area contributed by atoms with Crippen molar-refractivity contribution < 1.29 is 14.3 Å². The van der Waals surface area contributed by atoms with Gasteiger partial charge in [-0.3, -0.25) is 4.79 Å². The minimum atomic E-state index is -0.0989. The second-order valence-corrected chi connectivity index (χ2v) is 7.76. The zero-order valence-corrected chi connectivity index (χ0v) is 17.7. The van der Waals surface area contributed by atoms with E-state index in [-0.39, 0.29) is 24.1 Å². The number of nitrogens with zero attached hydrogens (tertiary/aromatic N) is 2. The lowest BCUT2D eigenvalue weighted by molar-refractivity contribution is -0.115. The van der Waals surface area contributed by atoms with Crippen LogP contribution in [-0.2, 0) is 16.1 Å². The summed E-state index contributed by atoms with van der Waals surface area (Å²) in [4.78, 5) is 28.4. The molecule has 1 unspecified atom stereocenters. The molecule has 0 bridgehead atoms. The normalized spacial score (nSPS) is 16.1. The summed E-state index contributed by atoms with van der Waals surface area (Å²) in [6.07, 6.45) is 2.50. The molecule has 0 radical (unpaired) electrons. The van der Waals surface area contributed by atoms with Crippen LogP contribution in [0.15, 0.2) is 18.2 Å². The largest absolute Gasteiger partial charge is 0.377 e. The van der Waals surface area contributed by atoms with Gasteiger partial charge in [0.25, 0.3) is 0 Å². The van der Waals surface area contributed by atoms with E-state index in [1.54, 1.807) is 0 Å². The fraction of sp³-hybridized carbons (Fsp3) is 0.619. The zero-order chi connectivity index (χ0) is 20.7. The molecule has 1 fully saturated rings. The highest BCUT2D eigenvalue weighted by Gasteiger charge is 2.24. The van der Waals surface area contributed by atoms with Crippen LogP contribution in [0.5, 0.6) is 0 Å². The first-order chi connectivity index (χ1) is 13.3. The highest BCUT2D eigenvalue weighted by atomic mass is 16.5. The number of amides is 3. The molecule has 1 heterocycles. The topological polar surface area (TPSA) is 73.9 Å². The fourth-order valence-corrected chi connectivity index (χ4v) is 3.27. The molecule has 28 heavy (non-hydrogen) atoms. The van der Waals surface area contributed by atoms with Crippen molar-refractivity contribution in [1.29, 1.82) is 0 Å². The van der Waals surface area contributed by atoms with Crippen molar-refractivity contribution in [3.05, 3.63) is 23.8 Å². The van der Waals surface area contributed by atoms with Crippen LogP contribution in [-0.4, -0.2) is 56.2 Å². The Morgan fingerprint density at radius 1 is 1.29 bits per heavy atom. The van der Waals surface area contributed by atoms with Gasteiger partial charge < -0.3 is 25.2 Å². The number of benzene rings is 1. The molecule has 2 rings (SSSR count). The van der Waals surface area contributed by atoms with E-state index in [0.29, 0.717) is 19.5 Å². The molecule has 0 aromatic heterocycles. The number of rotatable bonds is 8. The summed E-state index contributed by atoms with van der Waals surface area (Å²) in [5.41, 5.74) is 2.74. The fourth-order valence-electron chi connectivity index (χ4n) is 3.27. The maximum absolute atomic E-state index is 12.8. The first kappa shape index (κ1) is 22.0. The Labute approximate surface area is 168 Å². The lowest BCUT2D eigenvalue weighted by Crippen LogP contribution is -2.45. The van der Waals surface area contributed by atoms with Gasteiger partial charge in [0, 0.05) is 57.6 Å². The van der Waals surface area contributed by atoms with Gasteiger partial charge in [-0.1, -0.05) is 6.92 Å². The van der Waals surface area contributed by atoms with Crippen LogP contribution >= 0.6 is 0 Å². The molecule has 1 aliphatic heterocycles. The summed E-state index contributed by atoms with van der Waals surface area (Å²) >= 11 is 0. The van der Waals surface area contributed by atoms with Crippen molar-refractivity contribution in [1.82, 2.24) is 10.2 Å². The number of carbonyl (C=O) groups is 2. The Morgan fingerprint density at radius 2 is 2.04 bits per heavy atom. The number of anilines is 2. The predicted molar refractivity (Wildman–Crippen MR) is 113 cm³/mol. The molecule has 2 N–H and O–H groups in total. The number of hydrogen-bond donors (Lipinski definition) is 2. The second-order valence-electron chi connectivity index (χ2n) is 7.76. The van der Waals surface area contributed by atoms with Crippen LogP contribution in [0.3, 0.4) is 0 Å². The van der Waals surface area contributed by atoms with Crippen LogP contribution in [0.2, 0.25) is 0 Å². The van der Waals surface area contributed by atoms with Gasteiger partial charge in [-0.15, -0.1) is 0 Å². The van der Waals surface area contributed by atoms with Gasteiger partial charge in [0.2, 0.25) is 5.91 Å². The van der Waals surface area contributed by atoms with Crippen molar-refractivity contribution in [2.75, 3.05) is 37.5 Å². The first-order valence-corrected chi connectivity index (χ1v) is 10.1. The van der Waals surface area contributed by atoms with E-state index in [1.807, 2.05) is 62.9 Å². The summed E-state index contributed by atoms with van der Waals surface area (Å²) in [5.74, 6) is -0.0303. The Hall–Kier alpha value is -2.28. The molecule has 0 aliphatic carbocycles. The first-order valence-electron chi connectivity index (χ1n) is 10.1. The van der Waals surface area contributed by atoms with Crippen LogP contribution in [0.1, 0.15) is 45.6 Å². The molecule has 1 aliphatic rings. The number of urea groups is 1. The van der Waals surface area contributed by atoms with Crippen molar-refractivity contribution in [2.45, 2.75) is 58.7 Å². The van der Waals surface area contributed by atoms with E-state index in [9.17, 15) is 9.59 Å². The predicted octanol–water partition coefficient (Wildman–Crippen LogP) is 3.20. The summed E-state index contributed by atoms with van der Waals surface area (Å²) in [6.45, 7) is 7.48. The highest BCUT2D eigenvalue weighted by Crippen LogP contribution is 2.25. The van der Waals surface area contributed by atoms with E-state index >= 15 is 0 Å². The van der Waals surface area contributed by atoms with Crippen LogP contribution in [0.4, 0.5) is 16.2 Å². The average Bonchev–Trinajstić information content (AvgIpc) is 3.13. The van der Waals surface area contributed by atoms with E-state index in [0.717, 1.165) is 36.4 Å². The molecule has 1 atom stereocenters. The molecule has 156 valence electrons. The molecule has 0 saturated carbocycles. The van der Waals surface area contributed by atoms with Crippen molar-refractivity contribution >= 4 is 23.3 Å². The molecule has 1 aromatic carbocycles. The van der Waals surface area contributed by atoms with Gasteiger partial charge in [-0.25, -0.2) is 4.79 Å².